The Balaban J connectivity index is 1.88. The molecule has 1 heterocycles. The van der Waals surface area contributed by atoms with Gasteiger partial charge in [0.25, 0.3) is 5.91 Å². The molecule has 0 spiro atoms. The van der Waals surface area contributed by atoms with Crippen molar-refractivity contribution in [1.82, 2.24) is 5.43 Å². The molecule has 0 radical (unpaired) electrons. The zero-order chi connectivity index (χ0) is 16.8. The van der Waals surface area contributed by atoms with E-state index in [4.69, 9.17) is 4.74 Å². The molecular weight excluding hydrogens is 376 g/mol. The Hall–Kier alpha value is -1.66. The monoisotopic (exact) mass is 394 g/mol. The van der Waals surface area contributed by atoms with Gasteiger partial charge in [-0.25, -0.2) is 5.43 Å². The van der Waals surface area contributed by atoms with Crippen LogP contribution in [0.15, 0.2) is 45.3 Å². The smallest absolute Gasteiger partial charge is 0.277 e. The molecule has 0 atom stereocenters. The van der Waals surface area contributed by atoms with Crippen molar-refractivity contribution >= 4 is 38.9 Å². The van der Waals surface area contributed by atoms with Crippen LogP contribution < -0.4 is 10.2 Å². The molecule has 0 fully saturated rings. The van der Waals surface area contributed by atoms with Crippen LogP contribution in [-0.2, 0) is 4.79 Å². The topological polar surface area (TPSA) is 50.7 Å². The third-order valence-electron chi connectivity index (χ3n) is 3.21. The lowest BCUT2D eigenvalue weighted by Gasteiger charge is -2.11. The SMILES string of the molecule is CC(=NNC(=O)COc1ccc(C(C)C)cc1Br)c1cccs1. The molecule has 4 nitrogen and oxygen atoms in total. The summed E-state index contributed by atoms with van der Waals surface area (Å²) in [6.45, 7) is 6.03. The molecule has 1 aromatic heterocycles. The number of amides is 1. The van der Waals surface area contributed by atoms with E-state index < -0.39 is 0 Å². The summed E-state index contributed by atoms with van der Waals surface area (Å²) in [7, 11) is 0. The van der Waals surface area contributed by atoms with Crippen molar-refractivity contribution in [2.45, 2.75) is 26.7 Å². The number of hydrogen-bond acceptors (Lipinski definition) is 4. The zero-order valence-corrected chi connectivity index (χ0v) is 15.7. The van der Waals surface area contributed by atoms with Gasteiger partial charge in [0.1, 0.15) is 5.75 Å². The molecule has 1 N–H and O–H groups in total. The molecule has 2 rings (SSSR count). The van der Waals surface area contributed by atoms with Crippen LogP contribution in [0, 0.1) is 0 Å². The van der Waals surface area contributed by atoms with Crippen molar-refractivity contribution in [2.75, 3.05) is 6.61 Å². The Morgan fingerprint density at radius 3 is 2.78 bits per heavy atom. The lowest BCUT2D eigenvalue weighted by molar-refractivity contribution is -0.123. The summed E-state index contributed by atoms with van der Waals surface area (Å²) in [4.78, 5) is 12.8. The van der Waals surface area contributed by atoms with Gasteiger partial charge in [0.15, 0.2) is 6.61 Å². The summed E-state index contributed by atoms with van der Waals surface area (Å²) in [5, 5.41) is 6.04. The maximum Gasteiger partial charge on any atom is 0.277 e. The first-order valence-corrected chi connectivity index (χ1v) is 8.94. The lowest BCUT2D eigenvalue weighted by atomic mass is 10.0. The summed E-state index contributed by atoms with van der Waals surface area (Å²) in [5.74, 6) is 0.794. The number of thiophene rings is 1. The van der Waals surface area contributed by atoms with Crippen LogP contribution in [0.25, 0.3) is 0 Å². The van der Waals surface area contributed by atoms with Crippen molar-refractivity contribution in [3.63, 3.8) is 0 Å². The van der Waals surface area contributed by atoms with Crippen LogP contribution >= 0.6 is 27.3 Å². The quantitative estimate of drug-likeness (QED) is 0.576. The van der Waals surface area contributed by atoms with E-state index in [9.17, 15) is 4.79 Å². The molecule has 1 aromatic carbocycles. The number of nitrogens with zero attached hydrogens (tertiary/aromatic N) is 1. The van der Waals surface area contributed by atoms with Crippen molar-refractivity contribution in [1.29, 1.82) is 0 Å². The van der Waals surface area contributed by atoms with E-state index in [1.807, 2.05) is 42.6 Å². The molecule has 23 heavy (non-hydrogen) atoms. The molecule has 0 bridgehead atoms. The number of hydrogen-bond donors (Lipinski definition) is 1. The number of benzene rings is 1. The Morgan fingerprint density at radius 2 is 2.17 bits per heavy atom. The van der Waals surface area contributed by atoms with E-state index in [-0.39, 0.29) is 12.5 Å². The maximum atomic E-state index is 11.8. The predicted octanol–water partition coefficient (Wildman–Crippen LogP) is 4.55. The van der Waals surface area contributed by atoms with Crippen LogP contribution in [0.1, 0.15) is 37.1 Å². The van der Waals surface area contributed by atoms with Crippen LogP contribution in [0.3, 0.4) is 0 Å². The first-order valence-electron chi connectivity index (χ1n) is 7.26. The van der Waals surface area contributed by atoms with E-state index in [0.29, 0.717) is 11.7 Å². The highest BCUT2D eigenvalue weighted by Crippen LogP contribution is 2.28. The number of carbonyl (C=O) groups excluding carboxylic acids is 1. The molecule has 0 aliphatic carbocycles. The van der Waals surface area contributed by atoms with Gasteiger partial charge in [0.05, 0.1) is 10.2 Å². The van der Waals surface area contributed by atoms with Crippen molar-refractivity contribution < 1.29 is 9.53 Å². The highest BCUT2D eigenvalue weighted by atomic mass is 79.9. The van der Waals surface area contributed by atoms with Gasteiger partial charge in [-0.2, -0.15) is 5.10 Å². The third kappa shape index (κ3) is 5.18. The number of nitrogens with one attached hydrogen (secondary N) is 1. The molecule has 0 saturated heterocycles. The fourth-order valence-electron chi connectivity index (χ4n) is 1.85. The second-order valence-corrected chi connectivity index (χ2v) is 7.14. The first-order chi connectivity index (χ1) is 11.0. The molecule has 122 valence electrons. The van der Waals surface area contributed by atoms with E-state index in [0.717, 1.165) is 15.1 Å². The molecule has 0 saturated carbocycles. The van der Waals surface area contributed by atoms with E-state index in [1.54, 1.807) is 11.3 Å². The lowest BCUT2D eigenvalue weighted by Crippen LogP contribution is -2.25. The normalized spacial score (nSPS) is 11.6. The second kappa shape index (κ2) is 8.26. The highest BCUT2D eigenvalue weighted by molar-refractivity contribution is 9.10. The Bertz CT molecular complexity index is 697. The summed E-state index contributed by atoms with van der Waals surface area (Å²) in [5.41, 5.74) is 4.49. The Kier molecular flexibility index (Phi) is 6.36. The van der Waals surface area contributed by atoms with Gasteiger partial charge in [-0.3, -0.25) is 4.79 Å². The average Bonchev–Trinajstić information content (AvgIpc) is 3.05. The van der Waals surface area contributed by atoms with Gasteiger partial charge in [-0.05, 0) is 57.9 Å². The van der Waals surface area contributed by atoms with Crippen LogP contribution in [0.2, 0.25) is 0 Å². The molecule has 1 amide bonds. The van der Waals surface area contributed by atoms with Crippen molar-refractivity contribution in [3.8, 4) is 5.75 Å². The average molecular weight is 395 g/mol. The van der Waals surface area contributed by atoms with Crippen LogP contribution in [0.5, 0.6) is 5.75 Å². The third-order valence-corrected chi connectivity index (χ3v) is 4.81. The van der Waals surface area contributed by atoms with E-state index in [1.165, 1.54) is 5.56 Å². The summed E-state index contributed by atoms with van der Waals surface area (Å²) in [6.07, 6.45) is 0. The van der Waals surface area contributed by atoms with Gasteiger partial charge in [-0.15, -0.1) is 11.3 Å². The number of halogens is 1. The number of ether oxygens (including phenoxy) is 1. The second-order valence-electron chi connectivity index (χ2n) is 5.34. The minimum atomic E-state index is -0.291. The standard InChI is InChI=1S/C17H19BrN2O2S/c1-11(2)13-6-7-15(14(18)9-13)22-10-17(21)20-19-12(3)16-5-4-8-23-16/h4-9,11H,10H2,1-3H3,(H,20,21). The molecule has 2 aromatic rings. The van der Waals surface area contributed by atoms with Crippen molar-refractivity contribution in [2.24, 2.45) is 5.10 Å². The number of rotatable bonds is 6. The Morgan fingerprint density at radius 1 is 1.39 bits per heavy atom. The fourth-order valence-corrected chi connectivity index (χ4v) is 3.04. The molecule has 0 aliphatic rings. The van der Waals surface area contributed by atoms with Gasteiger partial charge in [0, 0.05) is 4.88 Å². The first kappa shape index (κ1) is 17.7. The van der Waals surface area contributed by atoms with Gasteiger partial charge < -0.3 is 4.74 Å². The predicted molar refractivity (Wildman–Crippen MR) is 98.4 cm³/mol. The number of carbonyl (C=O) groups is 1. The minimum absolute atomic E-state index is 0.0825. The van der Waals surface area contributed by atoms with Crippen LogP contribution in [-0.4, -0.2) is 18.2 Å². The van der Waals surface area contributed by atoms with E-state index in [2.05, 4.69) is 40.3 Å². The largest absolute Gasteiger partial charge is 0.483 e. The van der Waals surface area contributed by atoms with Crippen molar-refractivity contribution in [3.05, 3.63) is 50.6 Å². The minimum Gasteiger partial charge on any atom is -0.483 e. The Labute approximate surface area is 148 Å². The summed E-state index contributed by atoms with van der Waals surface area (Å²) >= 11 is 5.05. The molecular formula is C17H19BrN2O2S. The highest BCUT2D eigenvalue weighted by Gasteiger charge is 2.08. The number of hydrazone groups is 1. The molecule has 0 unspecified atom stereocenters. The van der Waals surface area contributed by atoms with E-state index >= 15 is 0 Å². The maximum absolute atomic E-state index is 11.8. The van der Waals surface area contributed by atoms with Gasteiger partial charge in [-0.1, -0.05) is 26.0 Å². The molecule has 6 heteroatoms. The summed E-state index contributed by atoms with van der Waals surface area (Å²) < 4.78 is 6.37. The molecule has 0 aliphatic heterocycles. The van der Waals surface area contributed by atoms with Crippen LogP contribution in [0.4, 0.5) is 0 Å². The zero-order valence-electron chi connectivity index (χ0n) is 13.3. The van der Waals surface area contributed by atoms with Gasteiger partial charge in [0.2, 0.25) is 0 Å². The fraction of sp³-hybridized carbons (Fsp3) is 0.294. The summed E-state index contributed by atoms with van der Waals surface area (Å²) in [6, 6.07) is 9.79. The van der Waals surface area contributed by atoms with Gasteiger partial charge >= 0.3 is 0 Å².